The lowest BCUT2D eigenvalue weighted by molar-refractivity contribution is 0.129. The van der Waals surface area contributed by atoms with E-state index in [1.807, 2.05) is 18.2 Å². The van der Waals surface area contributed by atoms with Crippen molar-refractivity contribution in [1.29, 1.82) is 0 Å². The molecule has 3 N–H and O–H groups in total. The third-order valence-corrected chi connectivity index (χ3v) is 4.95. The summed E-state index contributed by atoms with van der Waals surface area (Å²) >= 11 is 3.43. The first-order chi connectivity index (χ1) is 11.6. The van der Waals surface area contributed by atoms with Gasteiger partial charge in [0.15, 0.2) is 5.82 Å². The van der Waals surface area contributed by atoms with Gasteiger partial charge in [-0.15, -0.1) is 0 Å². The van der Waals surface area contributed by atoms with Crippen molar-refractivity contribution in [1.82, 2.24) is 30.3 Å². The number of piperidine rings is 1. The molecule has 9 heteroatoms. The number of nitrogens with zero attached hydrogens (tertiary/aromatic N) is 4. The Hall–Kier alpha value is -2.42. The summed E-state index contributed by atoms with van der Waals surface area (Å²) in [7, 11) is 0. The molecule has 1 amide bonds. The maximum atomic E-state index is 11.2. The lowest BCUT2D eigenvalue weighted by Gasteiger charge is -2.29. The Morgan fingerprint density at radius 1 is 1.33 bits per heavy atom. The average Bonchev–Trinajstić information content (AvgIpc) is 3.22. The van der Waals surface area contributed by atoms with Crippen molar-refractivity contribution in [3.8, 4) is 11.4 Å². The number of hydrogen-bond acceptors (Lipinski definition) is 4. The molecule has 0 radical (unpaired) electrons. The second-order valence-electron chi connectivity index (χ2n) is 5.88. The largest absolute Gasteiger partial charge is 0.465 e. The maximum Gasteiger partial charge on any atom is 0.407 e. The molecule has 0 bridgehead atoms. The van der Waals surface area contributed by atoms with E-state index in [1.54, 1.807) is 0 Å². The van der Waals surface area contributed by atoms with Gasteiger partial charge in [0, 0.05) is 30.0 Å². The summed E-state index contributed by atoms with van der Waals surface area (Å²) in [6, 6.07) is 5.81. The first-order valence-electron chi connectivity index (χ1n) is 7.66. The van der Waals surface area contributed by atoms with E-state index in [9.17, 15) is 4.79 Å². The van der Waals surface area contributed by atoms with Crippen molar-refractivity contribution in [2.24, 2.45) is 0 Å². The SMILES string of the molecule is O=C(O)N1CCCC(c2nc(-c3ccc4n[nH]c(Br)c4c3)n[nH]2)C1. The molecule has 3 aromatic rings. The van der Waals surface area contributed by atoms with Gasteiger partial charge in [-0.1, -0.05) is 0 Å². The number of carboxylic acid groups (broad SMARTS) is 1. The van der Waals surface area contributed by atoms with Gasteiger partial charge in [0.05, 0.1) is 5.52 Å². The Morgan fingerprint density at radius 3 is 3.04 bits per heavy atom. The number of aromatic nitrogens is 5. The highest BCUT2D eigenvalue weighted by Gasteiger charge is 2.26. The summed E-state index contributed by atoms with van der Waals surface area (Å²) in [5.74, 6) is 1.40. The van der Waals surface area contributed by atoms with Crippen LogP contribution in [0.15, 0.2) is 22.8 Å². The quantitative estimate of drug-likeness (QED) is 0.622. The number of likely N-dealkylation sites (tertiary alicyclic amines) is 1. The van der Waals surface area contributed by atoms with Gasteiger partial charge in [0.1, 0.15) is 10.4 Å². The molecule has 2 aromatic heterocycles. The van der Waals surface area contributed by atoms with Crippen LogP contribution in [-0.2, 0) is 0 Å². The van der Waals surface area contributed by atoms with Crippen LogP contribution in [0.2, 0.25) is 0 Å². The smallest absolute Gasteiger partial charge is 0.407 e. The Balaban J connectivity index is 1.61. The highest BCUT2D eigenvalue weighted by Crippen LogP contribution is 2.28. The highest BCUT2D eigenvalue weighted by molar-refractivity contribution is 9.10. The standard InChI is InChI=1S/C15H15BrN6O2/c16-12-10-6-8(3-4-11(10)18-19-12)13-17-14(21-20-13)9-2-1-5-22(7-9)15(23)24/h3-4,6,9H,1-2,5,7H2,(H,18,19)(H,23,24)(H,17,20,21). The van der Waals surface area contributed by atoms with Gasteiger partial charge < -0.3 is 10.0 Å². The molecule has 1 aliphatic heterocycles. The summed E-state index contributed by atoms with van der Waals surface area (Å²) in [5, 5.41) is 24.5. The number of aromatic amines is 2. The minimum atomic E-state index is -0.880. The monoisotopic (exact) mass is 390 g/mol. The van der Waals surface area contributed by atoms with Crippen molar-refractivity contribution < 1.29 is 9.90 Å². The van der Waals surface area contributed by atoms with Crippen molar-refractivity contribution in [3.63, 3.8) is 0 Å². The lowest BCUT2D eigenvalue weighted by atomic mass is 9.98. The predicted molar refractivity (Wildman–Crippen MR) is 90.7 cm³/mol. The molecular formula is C15H15BrN6O2. The van der Waals surface area contributed by atoms with E-state index in [0.29, 0.717) is 18.9 Å². The van der Waals surface area contributed by atoms with Gasteiger partial charge >= 0.3 is 6.09 Å². The average molecular weight is 391 g/mol. The number of fused-ring (bicyclic) bond motifs is 1. The van der Waals surface area contributed by atoms with E-state index < -0.39 is 6.09 Å². The minimum Gasteiger partial charge on any atom is -0.465 e. The fourth-order valence-electron chi connectivity index (χ4n) is 3.08. The van der Waals surface area contributed by atoms with Crippen molar-refractivity contribution in [3.05, 3.63) is 28.6 Å². The van der Waals surface area contributed by atoms with Crippen molar-refractivity contribution >= 4 is 32.9 Å². The molecule has 1 atom stereocenters. The van der Waals surface area contributed by atoms with Gasteiger partial charge in [-0.3, -0.25) is 10.2 Å². The Bertz CT molecular complexity index is 904. The van der Waals surface area contributed by atoms with Crippen LogP contribution in [0.1, 0.15) is 24.6 Å². The summed E-state index contributed by atoms with van der Waals surface area (Å²) in [5.41, 5.74) is 1.75. The number of H-pyrrole nitrogens is 2. The number of rotatable bonds is 2. The third-order valence-electron chi connectivity index (χ3n) is 4.35. The molecule has 4 rings (SSSR count). The molecule has 0 spiro atoms. The number of benzene rings is 1. The first-order valence-corrected chi connectivity index (χ1v) is 8.45. The second-order valence-corrected chi connectivity index (χ2v) is 6.67. The number of halogens is 1. The molecule has 0 aliphatic carbocycles. The zero-order valence-electron chi connectivity index (χ0n) is 12.7. The van der Waals surface area contributed by atoms with Gasteiger partial charge in [-0.2, -0.15) is 10.2 Å². The van der Waals surface area contributed by atoms with Crippen LogP contribution in [0.5, 0.6) is 0 Å². The Morgan fingerprint density at radius 2 is 2.21 bits per heavy atom. The van der Waals surface area contributed by atoms with Crippen molar-refractivity contribution in [2.45, 2.75) is 18.8 Å². The zero-order chi connectivity index (χ0) is 16.7. The van der Waals surface area contributed by atoms with Crippen LogP contribution in [-0.4, -0.2) is 54.6 Å². The summed E-state index contributed by atoms with van der Waals surface area (Å²) < 4.78 is 0.819. The van der Waals surface area contributed by atoms with E-state index in [2.05, 4.69) is 41.3 Å². The van der Waals surface area contributed by atoms with E-state index >= 15 is 0 Å². The topological polar surface area (TPSA) is 111 Å². The van der Waals surface area contributed by atoms with Gasteiger partial charge in [0.25, 0.3) is 0 Å². The molecule has 1 unspecified atom stereocenters. The summed E-state index contributed by atoms with van der Waals surface area (Å²) in [4.78, 5) is 17.2. The molecule has 124 valence electrons. The van der Waals surface area contributed by atoms with Crippen molar-refractivity contribution in [2.75, 3.05) is 13.1 Å². The maximum absolute atomic E-state index is 11.2. The fraction of sp³-hybridized carbons (Fsp3) is 0.333. The number of amides is 1. The number of nitrogens with one attached hydrogen (secondary N) is 2. The summed E-state index contributed by atoms with van der Waals surface area (Å²) in [6.45, 7) is 1.04. The van der Waals surface area contributed by atoms with Crippen LogP contribution in [0.25, 0.3) is 22.3 Å². The number of hydrogen-bond donors (Lipinski definition) is 3. The molecule has 3 heterocycles. The second kappa shape index (κ2) is 5.90. The molecule has 8 nitrogen and oxygen atoms in total. The molecule has 1 fully saturated rings. The van der Waals surface area contributed by atoms with Gasteiger partial charge in [0.2, 0.25) is 0 Å². The van der Waals surface area contributed by atoms with Crippen LogP contribution in [0.3, 0.4) is 0 Å². The molecule has 1 aromatic carbocycles. The van der Waals surface area contributed by atoms with Crippen LogP contribution in [0, 0.1) is 0 Å². The molecule has 0 saturated carbocycles. The van der Waals surface area contributed by atoms with Crippen LogP contribution < -0.4 is 0 Å². The van der Waals surface area contributed by atoms with Gasteiger partial charge in [-0.05, 0) is 47.0 Å². The molecule has 1 saturated heterocycles. The van der Waals surface area contributed by atoms with Gasteiger partial charge in [-0.25, -0.2) is 9.78 Å². The Kier molecular flexibility index (Phi) is 3.72. The van der Waals surface area contributed by atoms with E-state index in [1.165, 1.54) is 4.90 Å². The van der Waals surface area contributed by atoms with Crippen LogP contribution >= 0.6 is 15.9 Å². The third kappa shape index (κ3) is 2.64. The lowest BCUT2D eigenvalue weighted by Crippen LogP contribution is -2.38. The molecule has 1 aliphatic rings. The minimum absolute atomic E-state index is 0.0560. The van der Waals surface area contributed by atoms with E-state index in [0.717, 1.165) is 39.7 Å². The predicted octanol–water partition coefficient (Wildman–Crippen LogP) is 2.97. The van der Waals surface area contributed by atoms with E-state index in [-0.39, 0.29) is 5.92 Å². The molecule has 24 heavy (non-hydrogen) atoms. The highest BCUT2D eigenvalue weighted by atomic mass is 79.9. The van der Waals surface area contributed by atoms with Crippen LogP contribution in [0.4, 0.5) is 4.79 Å². The number of carbonyl (C=O) groups is 1. The normalized spacial score (nSPS) is 18.2. The fourth-order valence-corrected chi connectivity index (χ4v) is 3.48. The van der Waals surface area contributed by atoms with E-state index in [4.69, 9.17) is 5.11 Å². The zero-order valence-corrected chi connectivity index (χ0v) is 14.2. The Labute approximate surface area is 145 Å². The first kappa shape index (κ1) is 15.1. The summed E-state index contributed by atoms with van der Waals surface area (Å²) in [6.07, 6.45) is 0.862. The molecular weight excluding hydrogens is 376 g/mol.